The van der Waals surface area contributed by atoms with Gasteiger partial charge in [0.05, 0.1) is 16.8 Å². The third kappa shape index (κ3) is 5.06. The van der Waals surface area contributed by atoms with E-state index in [2.05, 4.69) is 17.2 Å². The zero-order chi connectivity index (χ0) is 23.4. The molecule has 4 nitrogen and oxygen atoms in total. The Morgan fingerprint density at radius 3 is 2.67 bits per heavy atom. The second-order valence-electron chi connectivity index (χ2n) is 7.48. The number of amides is 1. The second kappa shape index (κ2) is 9.70. The fraction of sp³-hybridized carbons (Fsp3) is 0.200. The summed E-state index contributed by atoms with van der Waals surface area (Å²) < 4.78 is 40.1. The number of nitrogens with one attached hydrogen (secondary N) is 1. The van der Waals surface area contributed by atoms with Gasteiger partial charge in [-0.15, -0.1) is 0 Å². The lowest BCUT2D eigenvalue weighted by Crippen LogP contribution is -2.31. The van der Waals surface area contributed by atoms with Gasteiger partial charge in [0.1, 0.15) is 5.82 Å². The zero-order valence-corrected chi connectivity index (χ0v) is 18.7. The molecule has 0 bridgehead atoms. The van der Waals surface area contributed by atoms with Crippen molar-refractivity contribution in [2.75, 3.05) is 16.8 Å². The minimum Gasteiger partial charge on any atom is -0.340 e. The highest BCUT2D eigenvalue weighted by Gasteiger charge is 2.34. The third-order valence-corrected chi connectivity index (χ3v) is 6.24. The fourth-order valence-corrected chi connectivity index (χ4v) is 4.64. The predicted molar refractivity (Wildman–Crippen MR) is 125 cm³/mol. The SMILES string of the molecule is CCC/C=C/CN1C(=O)c2ccccc2Sc2cc(Nc3ncccc3C(F)(F)F)ccc21. The molecule has 1 N–H and O–H groups in total. The highest BCUT2D eigenvalue weighted by molar-refractivity contribution is 7.99. The average Bonchev–Trinajstić information content (AvgIpc) is 2.90. The number of rotatable bonds is 6. The summed E-state index contributed by atoms with van der Waals surface area (Å²) in [5.41, 5.74) is 0.931. The smallest absolute Gasteiger partial charge is 0.340 e. The summed E-state index contributed by atoms with van der Waals surface area (Å²) in [5, 5.41) is 2.80. The maximum atomic E-state index is 13.4. The Hall–Kier alpha value is -3.26. The largest absolute Gasteiger partial charge is 0.419 e. The van der Waals surface area contributed by atoms with Crippen LogP contribution in [-0.2, 0) is 6.18 Å². The van der Waals surface area contributed by atoms with E-state index in [-0.39, 0.29) is 11.7 Å². The molecule has 0 radical (unpaired) electrons. The van der Waals surface area contributed by atoms with Gasteiger partial charge in [-0.3, -0.25) is 4.79 Å². The predicted octanol–water partition coefficient (Wildman–Crippen LogP) is 7.31. The maximum absolute atomic E-state index is 13.4. The Labute approximate surface area is 194 Å². The summed E-state index contributed by atoms with van der Waals surface area (Å²) in [5.74, 6) is -0.373. The molecule has 2 heterocycles. The zero-order valence-electron chi connectivity index (χ0n) is 17.9. The molecule has 0 aliphatic carbocycles. The van der Waals surface area contributed by atoms with Crippen molar-refractivity contribution in [2.24, 2.45) is 0 Å². The molecule has 1 aromatic heterocycles. The Morgan fingerprint density at radius 2 is 1.88 bits per heavy atom. The van der Waals surface area contributed by atoms with Crippen LogP contribution in [0.25, 0.3) is 0 Å². The van der Waals surface area contributed by atoms with E-state index in [9.17, 15) is 18.0 Å². The van der Waals surface area contributed by atoms with Crippen molar-refractivity contribution in [3.8, 4) is 0 Å². The van der Waals surface area contributed by atoms with Crippen LogP contribution in [0, 0.1) is 0 Å². The Morgan fingerprint density at radius 1 is 1.06 bits per heavy atom. The molecule has 0 atom stereocenters. The molecular weight excluding hydrogens is 447 g/mol. The normalized spacial score (nSPS) is 13.6. The summed E-state index contributed by atoms with van der Waals surface area (Å²) in [6.45, 7) is 2.50. The first-order valence-electron chi connectivity index (χ1n) is 10.6. The average molecular weight is 470 g/mol. The molecule has 2 aromatic carbocycles. The van der Waals surface area contributed by atoms with Crippen molar-refractivity contribution >= 4 is 34.9 Å². The fourth-order valence-electron chi connectivity index (χ4n) is 3.52. The minimum atomic E-state index is -4.52. The van der Waals surface area contributed by atoms with E-state index in [0.717, 1.165) is 28.7 Å². The van der Waals surface area contributed by atoms with Crippen molar-refractivity contribution in [3.05, 3.63) is 84.1 Å². The summed E-state index contributed by atoms with van der Waals surface area (Å²) in [6.07, 6.45) is 2.75. The number of carbonyl (C=O) groups excluding carboxylic acids is 1. The van der Waals surface area contributed by atoms with Gasteiger partial charge >= 0.3 is 6.18 Å². The molecule has 0 saturated carbocycles. The maximum Gasteiger partial charge on any atom is 0.419 e. The van der Waals surface area contributed by atoms with Gasteiger partial charge in [-0.05, 0) is 48.9 Å². The van der Waals surface area contributed by atoms with Gasteiger partial charge < -0.3 is 10.2 Å². The van der Waals surface area contributed by atoms with E-state index in [0.29, 0.717) is 23.5 Å². The van der Waals surface area contributed by atoms with Crippen molar-refractivity contribution < 1.29 is 18.0 Å². The number of halogens is 3. The number of fused-ring (bicyclic) bond motifs is 2. The van der Waals surface area contributed by atoms with Gasteiger partial charge in [-0.25, -0.2) is 4.98 Å². The number of pyridine rings is 1. The van der Waals surface area contributed by atoms with Crippen LogP contribution in [0.4, 0.5) is 30.4 Å². The Bertz CT molecular complexity index is 1190. The van der Waals surface area contributed by atoms with Gasteiger partial charge in [-0.1, -0.05) is 49.4 Å². The van der Waals surface area contributed by atoms with Crippen LogP contribution in [0.1, 0.15) is 35.7 Å². The molecule has 3 aromatic rings. The number of hydrogen-bond donors (Lipinski definition) is 1. The standard InChI is InChI=1S/C25H22F3N3OS/c1-2-3-4-7-15-31-20-13-12-17(30-23-19(25(26,27)28)10-8-14-29-23)16-22(20)33-21-11-6-5-9-18(21)24(31)32/h4-14,16H,2-3,15H2,1H3,(H,29,30)/b7-4+. The van der Waals surface area contributed by atoms with Gasteiger partial charge in [0, 0.05) is 28.2 Å². The van der Waals surface area contributed by atoms with Crippen molar-refractivity contribution in [2.45, 2.75) is 35.7 Å². The summed E-state index contributed by atoms with van der Waals surface area (Å²) in [6, 6.07) is 14.8. The first kappa shape index (κ1) is 22.9. The number of hydrogen-bond acceptors (Lipinski definition) is 4. The van der Waals surface area contributed by atoms with Crippen LogP contribution in [-0.4, -0.2) is 17.4 Å². The van der Waals surface area contributed by atoms with Crippen LogP contribution < -0.4 is 10.2 Å². The number of anilines is 3. The first-order valence-corrected chi connectivity index (χ1v) is 11.4. The van der Waals surface area contributed by atoms with Crippen molar-refractivity contribution in [3.63, 3.8) is 0 Å². The molecule has 170 valence electrons. The molecule has 33 heavy (non-hydrogen) atoms. The molecule has 0 saturated heterocycles. The topological polar surface area (TPSA) is 45.2 Å². The molecule has 4 rings (SSSR count). The molecule has 1 aliphatic rings. The highest BCUT2D eigenvalue weighted by Crippen LogP contribution is 2.43. The molecular formula is C25H22F3N3OS. The molecule has 8 heteroatoms. The highest BCUT2D eigenvalue weighted by atomic mass is 32.2. The minimum absolute atomic E-state index is 0.109. The first-order chi connectivity index (χ1) is 15.9. The molecule has 1 aliphatic heterocycles. The van der Waals surface area contributed by atoms with Gasteiger partial charge in [0.2, 0.25) is 0 Å². The van der Waals surface area contributed by atoms with Crippen LogP contribution in [0.15, 0.2) is 82.7 Å². The van der Waals surface area contributed by atoms with Crippen LogP contribution in [0.2, 0.25) is 0 Å². The number of alkyl halides is 3. The van der Waals surface area contributed by atoms with E-state index < -0.39 is 11.7 Å². The second-order valence-corrected chi connectivity index (χ2v) is 8.56. The molecule has 1 amide bonds. The van der Waals surface area contributed by atoms with E-state index in [4.69, 9.17) is 0 Å². The van der Waals surface area contributed by atoms with Gasteiger partial charge in [0.15, 0.2) is 0 Å². The monoisotopic (exact) mass is 469 g/mol. The number of carbonyl (C=O) groups is 1. The third-order valence-electron chi connectivity index (χ3n) is 5.12. The summed E-state index contributed by atoms with van der Waals surface area (Å²) in [7, 11) is 0. The van der Waals surface area contributed by atoms with Gasteiger partial charge in [0.25, 0.3) is 5.91 Å². The lowest BCUT2D eigenvalue weighted by Gasteiger charge is -2.22. The van der Waals surface area contributed by atoms with Crippen LogP contribution in [0.3, 0.4) is 0 Å². The van der Waals surface area contributed by atoms with E-state index in [1.54, 1.807) is 29.2 Å². The quantitative estimate of drug-likeness (QED) is 0.385. The van der Waals surface area contributed by atoms with Crippen LogP contribution >= 0.6 is 11.8 Å². The van der Waals surface area contributed by atoms with E-state index in [1.807, 2.05) is 30.4 Å². The lowest BCUT2D eigenvalue weighted by atomic mass is 10.1. The van der Waals surface area contributed by atoms with Crippen LogP contribution in [0.5, 0.6) is 0 Å². The summed E-state index contributed by atoms with van der Waals surface area (Å²) >= 11 is 1.42. The lowest BCUT2D eigenvalue weighted by molar-refractivity contribution is -0.137. The van der Waals surface area contributed by atoms with Crippen molar-refractivity contribution in [1.82, 2.24) is 4.98 Å². The molecule has 0 unspecified atom stereocenters. The molecule has 0 fully saturated rings. The number of aromatic nitrogens is 1. The number of nitrogens with zero attached hydrogens (tertiary/aromatic N) is 2. The Balaban J connectivity index is 1.72. The summed E-state index contributed by atoms with van der Waals surface area (Å²) in [4.78, 5) is 20.5. The van der Waals surface area contributed by atoms with E-state index >= 15 is 0 Å². The van der Waals surface area contributed by atoms with Gasteiger partial charge in [-0.2, -0.15) is 13.2 Å². The Kier molecular flexibility index (Phi) is 6.74. The van der Waals surface area contributed by atoms with Crippen molar-refractivity contribution in [1.29, 1.82) is 0 Å². The number of benzene rings is 2. The number of allylic oxidation sites excluding steroid dienone is 1. The van der Waals surface area contributed by atoms with E-state index in [1.165, 1.54) is 24.0 Å². The molecule has 0 spiro atoms. The number of unbranched alkanes of at least 4 members (excludes halogenated alkanes) is 1.